The van der Waals surface area contributed by atoms with Crippen molar-refractivity contribution in [3.63, 3.8) is 0 Å². The quantitative estimate of drug-likeness (QED) is 0.0739. The molecule has 0 bridgehead atoms. The second-order valence-corrected chi connectivity index (χ2v) is 11.1. The van der Waals surface area contributed by atoms with Gasteiger partial charge in [0.1, 0.15) is 0 Å². The van der Waals surface area contributed by atoms with Gasteiger partial charge in [0.15, 0.2) is 0 Å². The van der Waals surface area contributed by atoms with Crippen LogP contribution in [0.3, 0.4) is 0 Å². The number of anilines is 2. The third kappa shape index (κ3) is 39.5. The average molecular weight is 692 g/mol. The van der Waals surface area contributed by atoms with Gasteiger partial charge < -0.3 is 31.3 Å². The van der Waals surface area contributed by atoms with Crippen molar-refractivity contribution in [2.24, 2.45) is 5.92 Å². The first-order valence-electron chi connectivity index (χ1n) is 15.6. The zero-order valence-corrected chi connectivity index (χ0v) is 29.8. The molecule has 0 aromatic heterocycles. The van der Waals surface area contributed by atoms with Gasteiger partial charge in [-0.1, -0.05) is 115 Å². The van der Waals surface area contributed by atoms with Gasteiger partial charge in [-0.25, -0.2) is 0 Å². The van der Waals surface area contributed by atoms with Crippen LogP contribution in [0.2, 0.25) is 0 Å². The molecule has 6 N–H and O–H groups in total. The van der Waals surface area contributed by atoms with Crippen molar-refractivity contribution in [3.05, 3.63) is 59.7 Å². The van der Waals surface area contributed by atoms with Gasteiger partial charge in [-0.15, -0.1) is 0 Å². The van der Waals surface area contributed by atoms with Gasteiger partial charge in [0, 0.05) is 23.9 Å². The van der Waals surface area contributed by atoms with Crippen molar-refractivity contribution in [3.8, 4) is 0 Å². The summed E-state index contributed by atoms with van der Waals surface area (Å²) >= 11 is 0.300. The first kappa shape index (κ1) is 45.9. The number of rotatable bonds is 17. The Morgan fingerprint density at radius 3 is 1.16 bits per heavy atom. The molecule has 2 aromatic rings. The summed E-state index contributed by atoms with van der Waals surface area (Å²) in [5.74, 6) is 0.212. The number of benzene rings is 2. The molecule has 0 unspecified atom stereocenters. The maximum absolute atomic E-state index is 10.3. The fourth-order valence-corrected chi connectivity index (χ4v) is 3.70. The summed E-state index contributed by atoms with van der Waals surface area (Å²) in [5.41, 5.74) is 13.1. The summed E-state index contributed by atoms with van der Waals surface area (Å²) in [4.78, 5) is 30.2. The van der Waals surface area contributed by atoms with Crippen LogP contribution in [-0.2, 0) is 41.9 Å². The number of hydrogen-bond donors (Lipinski definition) is 4. The van der Waals surface area contributed by atoms with E-state index in [0.29, 0.717) is 53.6 Å². The molecule has 0 atom stereocenters. The van der Waals surface area contributed by atoms with Crippen LogP contribution in [0.25, 0.3) is 0 Å². The summed E-state index contributed by atoms with van der Waals surface area (Å²) in [5, 5.41) is 16.6. The van der Waals surface area contributed by atoms with Gasteiger partial charge in [-0.05, 0) is 26.2 Å². The van der Waals surface area contributed by atoms with E-state index in [1.54, 1.807) is 75.0 Å². The number of carbonyl (C=O) groups is 1. The number of aliphatic hydroxyl groups excluding tert-OH is 1. The van der Waals surface area contributed by atoms with Crippen molar-refractivity contribution in [1.29, 1.82) is 0 Å². The predicted octanol–water partition coefficient (Wildman–Crippen LogP) is 7.91. The first-order valence-corrected chi connectivity index (χ1v) is 16.6. The molecule has 0 fully saturated rings. The summed E-state index contributed by atoms with van der Waals surface area (Å²) in [6, 6.07) is 13.2. The topological polar surface area (TPSA) is 161 Å². The van der Waals surface area contributed by atoms with Crippen LogP contribution in [0, 0.1) is 5.92 Å². The molecule has 0 aliphatic carbocycles. The number of hydrogen-bond acceptors (Lipinski definition) is 7. The SMILES string of the molecule is CC(C)CCCCCCCCCCCCCCC(=O)O.CC(C)O.Nc1ccc([C-]=O)cc1.Nc1ccc([C-]=O)cc1.[O]=[Zr+2]. The van der Waals surface area contributed by atoms with Crippen LogP contribution < -0.4 is 11.5 Å². The minimum atomic E-state index is -0.654. The predicted molar refractivity (Wildman–Crippen MR) is 176 cm³/mol. The standard InChI is InChI=1S/C18H36O2.2C7H6NO.C3H8O.O.Zr/c1-17(2)15-13-11-9-7-5-3-4-6-8-10-12-14-16-18(19)20;2*8-7-3-1-6(5-9)2-4-7;1-3(2)4;;/h17H,3-16H2,1-2H3,(H,19,20);2*1-4H,8H2;3-4H,1-2H3;;/q;2*-1;;;+2. The monoisotopic (exact) mass is 690 g/mol. The average Bonchev–Trinajstić information content (AvgIpc) is 2.99. The van der Waals surface area contributed by atoms with E-state index in [-0.39, 0.29) is 6.10 Å². The van der Waals surface area contributed by atoms with Crippen molar-refractivity contribution >= 4 is 29.9 Å². The van der Waals surface area contributed by atoms with E-state index in [4.69, 9.17) is 24.5 Å². The molecule has 0 saturated carbocycles. The fourth-order valence-electron chi connectivity index (χ4n) is 3.70. The Balaban J connectivity index is -0.000000576. The molecule has 0 amide bonds. The first-order chi connectivity index (χ1) is 21.0. The molecule has 0 radical (unpaired) electrons. The molecule has 9 heteroatoms. The van der Waals surface area contributed by atoms with E-state index in [0.717, 1.165) is 18.8 Å². The number of carbonyl (C=O) groups excluding carboxylic acids is 2. The fraction of sp³-hybridized carbons (Fsp3) is 0.571. The van der Waals surface area contributed by atoms with Crippen molar-refractivity contribution < 1.29 is 52.1 Å². The van der Waals surface area contributed by atoms with Gasteiger partial charge in [0.05, 0.1) is 12.6 Å². The number of carboxylic acid groups (broad SMARTS) is 1. The number of unbranched alkanes of at least 4 members (excludes halogenated alkanes) is 11. The van der Waals surface area contributed by atoms with Crippen LogP contribution in [0.15, 0.2) is 48.5 Å². The molecule has 2 rings (SSSR count). The summed E-state index contributed by atoms with van der Waals surface area (Å²) in [6.07, 6.45) is 20.7. The van der Waals surface area contributed by atoms with Crippen LogP contribution in [-0.4, -0.2) is 34.9 Å². The van der Waals surface area contributed by atoms with E-state index in [1.807, 2.05) is 0 Å². The second-order valence-electron chi connectivity index (χ2n) is 11.1. The molecule has 44 heavy (non-hydrogen) atoms. The molecular formula is C35H56N2O6Zr. The zero-order chi connectivity index (χ0) is 34.0. The summed E-state index contributed by atoms with van der Waals surface area (Å²) in [6.45, 7) is 8.06. The Bertz CT molecular complexity index is 870. The Labute approximate surface area is 281 Å². The Morgan fingerprint density at radius 2 is 0.909 bits per heavy atom. The van der Waals surface area contributed by atoms with Crippen molar-refractivity contribution in [2.75, 3.05) is 11.5 Å². The normalized spacial score (nSPS) is 9.66. The molecule has 8 nitrogen and oxygen atoms in total. The second kappa shape index (κ2) is 35.0. The maximum atomic E-state index is 10.3. The van der Waals surface area contributed by atoms with Crippen molar-refractivity contribution in [1.82, 2.24) is 0 Å². The third-order valence-corrected chi connectivity index (χ3v) is 5.98. The van der Waals surface area contributed by atoms with E-state index in [9.17, 15) is 14.4 Å². The number of nitrogen functional groups attached to an aromatic ring is 2. The molecule has 0 heterocycles. The molecule has 0 saturated heterocycles. The van der Waals surface area contributed by atoms with Gasteiger partial charge in [0.25, 0.3) is 0 Å². The van der Waals surface area contributed by atoms with E-state index >= 15 is 0 Å². The van der Waals surface area contributed by atoms with E-state index in [1.165, 1.54) is 70.6 Å². The van der Waals surface area contributed by atoms with Crippen LogP contribution in [0.5, 0.6) is 0 Å². The number of aliphatic hydroxyl groups is 1. The third-order valence-electron chi connectivity index (χ3n) is 5.98. The van der Waals surface area contributed by atoms with Gasteiger partial charge in [0.2, 0.25) is 0 Å². The molecule has 0 aliphatic heterocycles. The summed E-state index contributed by atoms with van der Waals surface area (Å²) < 4.78 is 8.34. The van der Waals surface area contributed by atoms with Gasteiger partial charge in [-0.3, -0.25) is 4.79 Å². The van der Waals surface area contributed by atoms with Gasteiger partial charge in [-0.2, -0.15) is 35.4 Å². The Morgan fingerprint density at radius 1 is 0.636 bits per heavy atom. The van der Waals surface area contributed by atoms with Crippen molar-refractivity contribution in [2.45, 2.75) is 124 Å². The number of carboxylic acids is 1. The summed E-state index contributed by atoms with van der Waals surface area (Å²) in [7, 11) is 0. The van der Waals surface area contributed by atoms with Gasteiger partial charge >= 0.3 is 33.5 Å². The molecular weight excluding hydrogens is 636 g/mol. The Hall–Kier alpha value is -2.51. The van der Waals surface area contributed by atoms with E-state index < -0.39 is 5.97 Å². The van der Waals surface area contributed by atoms with Crippen LogP contribution >= 0.6 is 0 Å². The molecule has 0 aliphatic rings. The molecule has 2 aromatic carbocycles. The zero-order valence-electron chi connectivity index (χ0n) is 27.4. The van der Waals surface area contributed by atoms with E-state index in [2.05, 4.69) is 13.8 Å². The number of aliphatic carboxylic acids is 1. The van der Waals surface area contributed by atoms with Crippen LogP contribution in [0.4, 0.5) is 11.4 Å². The Kier molecular flexibility index (Phi) is 36.5. The molecule has 0 spiro atoms. The van der Waals surface area contributed by atoms with Crippen LogP contribution in [0.1, 0.15) is 129 Å². The number of nitrogens with two attached hydrogens (primary N) is 2. The molecule has 246 valence electrons. The minimum absolute atomic E-state index is 0.167.